The Balaban J connectivity index is 1.38. The molecule has 7 atom stereocenters. The first kappa shape index (κ1) is 31.0. The van der Waals surface area contributed by atoms with E-state index in [2.05, 4.69) is 30.4 Å². The average molecular weight is 629 g/mol. The summed E-state index contributed by atoms with van der Waals surface area (Å²) in [5.74, 6) is -1.85. The quantitative estimate of drug-likeness (QED) is 0.306. The van der Waals surface area contributed by atoms with E-state index in [1.165, 1.54) is 0 Å². The van der Waals surface area contributed by atoms with Gasteiger partial charge in [0.15, 0.2) is 0 Å². The molecule has 3 saturated heterocycles. The van der Waals surface area contributed by atoms with E-state index in [9.17, 15) is 19.5 Å². The third kappa shape index (κ3) is 5.06. The number of benzene rings is 2. The zero-order valence-corrected chi connectivity index (χ0v) is 26.6. The van der Waals surface area contributed by atoms with Crippen molar-refractivity contribution in [2.24, 2.45) is 17.8 Å². The number of aliphatic hydroxyl groups is 1. The fraction of sp³-hybridized carbons (Fsp3) is 0.441. The summed E-state index contributed by atoms with van der Waals surface area (Å²) in [4.78, 5) is 48.8. The molecule has 3 unspecified atom stereocenters. The van der Waals surface area contributed by atoms with Crippen molar-refractivity contribution >= 4 is 40.5 Å². The number of fused-ring (bicyclic) bond motifs is 2. The second-order valence-corrected chi connectivity index (χ2v) is 13.9. The summed E-state index contributed by atoms with van der Waals surface area (Å²) in [7, 11) is 0. The maximum atomic E-state index is 14.8. The smallest absolute Gasteiger partial charge is 0.248 e. The highest BCUT2D eigenvalue weighted by Gasteiger charge is 2.76. The fourth-order valence-corrected chi connectivity index (χ4v) is 10.1. The zero-order valence-electron chi connectivity index (χ0n) is 25.7. The molecular weight excluding hydrogens is 588 g/mol. The summed E-state index contributed by atoms with van der Waals surface area (Å²) in [5, 5.41) is 18.8. The average Bonchev–Trinajstić information content (AvgIpc) is 3.77. The highest BCUT2D eigenvalue weighted by Crippen LogP contribution is 2.69. The Morgan fingerprint density at radius 3 is 2.49 bits per heavy atom. The minimum Gasteiger partial charge on any atom is -0.394 e. The molecule has 3 amide bonds. The minimum atomic E-state index is -0.864. The van der Waals surface area contributed by atoms with Gasteiger partial charge in [0, 0.05) is 24.9 Å². The summed E-state index contributed by atoms with van der Waals surface area (Å²) < 4.78 is 0.854. The predicted molar refractivity (Wildman–Crippen MR) is 174 cm³/mol. The first-order valence-electron chi connectivity index (χ1n) is 15.5. The van der Waals surface area contributed by atoms with Crippen LogP contribution in [0.15, 0.2) is 79.9 Å². The first-order valence-corrected chi connectivity index (χ1v) is 16.4. The number of amides is 3. The normalized spacial score (nSPS) is 27.4. The maximum Gasteiger partial charge on any atom is 0.248 e. The Bertz CT molecular complexity index is 1610. The predicted octanol–water partition coefficient (Wildman–Crippen LogP) is 3.34. The number of hydrogen-bond donors (Lipinski definition) is 1. The van der Waals surface area contributed by atoms with Gasteiger partial charge in [0.25, 0.3) is 0 Å². The highest BCUT2D eigenvalue weighted by atomic mass is 32.2. The molecule has 11 heteroatoms. The number of para-hydroxylation sites is 1. The second-order valence-electron chi connectivity index (χ2n) is 12.4. The lowest BCUT2D eigenvalue weighted by molar-refractivity contribution is -0.147. The largest absolute Gasteiger partial charge is 0.394 e. The number of aliphatic hydroxyl groups excluding tert-OH is 1. The molecule has 3 fully saturated rings. The van der Waals surface area contributed by atoms with Gasteiger partial charge in [-0.2, -0.15) is 0 Å². The second kappa shape index (κ2) is 12.4. The molecule has 0 aliphatic carbocycles. The van der Waals surface area contributed by atoms with E-state index in [0.29, 0.717) is 18.6 Å². The van der Waals surface area contributed by atoms with Crippen LogP contribution in [0.5, 0.6) is 0 Å². The standard InChI is InChI=1S/C34H40N6O4S/c1-5-16-37(19-24-12-8-7-9-13-24)31(42)28-27-18-22(3)34(45-27)29(28)32(43)40(23(4)20-41)30(34)33(44)38(17-6-2)21-39-26-15-11-10-14-25(26)35-36-39/h5-15,22-23,27-30,41H,1-2,16-21H2,3-4H3/t22?,23-,27-,28+,29+,30?,34?/m1/s1. The molecule has 1 N–H and O–H groups in total. The van der Waals surface area contributed by atoms with Crippen LogP contribution in [0, 0.1) is 17.8 Å². The van der Waals surface area contributed by atoms with Crippen molar-refractivity contribution in [1.82, 2.24) is 29.7 Å². The van der Waals surface area contributed by atoms with Gasteiger partial charge in [0.05, 0.1) is 34.7 Å². The molecule has 10 nitrogen and oxygen atoms in total. The number of likely N-dealkylation sites (tertiary alicyclic amines) is 1. The summed E-state index contributed by atoms with van der Waals surface area (Å²) in [6.07, 6.45) is 4.09. The Morgan fingerprint density at radius 1 is 1.09 bits per heavy atom. The molecule has 236 valence electrons. The summed E-state index contributed by atoms with van der Waals surface area (Å²) in [6, 6.07) is 15.9. The van der Waals surface area contributed by atoms with Gasteiger partial charge in [-0.1, -0.05) is 66.8 Å². The lowest BCUT2D eigenvalue weighted by Gasteiger charge is -2.41. The number of carbonyl (C=O) groups excluding carboxylic acids is 3. The molecule has 3 aromatic rings. The number of nitrogens with zero attached hydrogens (tertiary/aromatic N) is 6. The molecule has 2 bridgehead atoms. The molecule has 0 radical (unpaired) electrons. The molecular formula is C34H40N6O4S. The van der Waals surface area contributed by atoms with Crippen molar-refractivity contribution in [3.8, 4) is 0 Å². The lowest BCUT2D eigenvalue weighted by Crippen LogP contribution is -2.59. The Hall–Kier alpha value is -3.96. The van der Waals surface area contributed by atoms with Gasteiger partial charge in [-0.15, -0.1) is 30.0 Å². The van der Waals surface area contributed by atoms with E-state index in [1.807, 2.05) is 54.6 Å². The topological polar surface area (TPSA) is 112 Å². The minimum absolute atomic E-state index is 0.00454. The van der Waals surface area contributed by atoms with Crippen molar-refractivity contribution < 1.29 is 19.5 Å². The number of aromatic nitrogens is 3. The van der Waals surface area contributed by atoms with Gasteiger partial charge >= 0.3 is 0 Å². The Labute approximate surface area is 267 Å². The van der Waals surface area contributed by atoms with Crippen LogP contribution in [-0.4, -0.2) is 94.3 Å². The van der Waals surface area contributed by atoms with Crippen molar-refractivity contribution in [1.29, 1.82) is 0 Å². The van der Waals surface area contributed by atoms with Crippen LogP contribution < -0.4 is 0 Å². The maximum absolute atomic E-state index is 14.8. The van der Waals surface area contributed by atoms with Crippen LogP contribution in [0.3, 0.4) is 0 Å². The number of hydrogen-bond acceptors (Lipinski definition) is 7. The van der Waals surface area contributed by atoms with Crippen LogP contribution in [-0.2, 0) is 27.6 Å². The summed E-state index contributed by atoms with van der Waals surface area (Å²) in [5.41, 5.74) is 2.50. The molecule has 1 aromatic heterocycles. The highest BCUT2D eigenvalue weighted by molar-refractivity contribution is 8.02. The van der Waals surface area contributed by atoms with Gasteiger partial charge in [0.2, 0.25) is 17.7 Å². The van der Waals surface area contributed by atoms with E-state index in [4.69, 9.17) is 0 Å². The SMILES string of the molecule is C=CCN(Cn1nnc2ccccc21)C(=O)C1N([C@H](C)CO)C(=O)[C@@H]2[C@@H](C(=O)N(CC=C)Cc3ccccc3)[C@H]3CC(C)C12S3. The first-order chi connectivity index (χ1) is 21.8. The van der Waals surface area contributed by atoms with Crippen LogP contribution >= 0.6 is 11.8 Å². The van der Waals surface area contributed by atoms with Gasteiger partial charge in [-0.05, 0) is 37.0 Å². The van der Waals surface area contributed by atoms with E-state index >= 15 is 0 Å². The number of thioether (sulfide) groups is 1. The summed E-state index contributed by atoms with van der Waals surface area (Å²) >= 11 is 1.63. The zero-order chi connectivity index (χ0) is 31.9. The van der Waals surface area contributed by atoms with Gasteiger partial charge in [-0.25, -0.2) is 4.68 Å². The van der Waals surface area contributed by atoms with Crippen molar-refractivity contribution in [2.75, 3.05) is 19.7 Å². The number of carbonyl (C=O) groups is 3. The molecule has 0 saturated carbocycles. The van der Waals surface area contributed by atoms with E-state index in [-0.39, 0.29) is 48.7 Å². The van der Waals surface area contributed by atoms with Crippen LogP contribution in [0.25, 0.3) is 11.0 Å². The molecule has 3 aliphatic heterocycles. The van der Waals surface area contributed by atoms with Gasteiger partial charge in [-0.3, -0.25) is 14.4 Å². The monoisotopic (exact) mass is 628 g/mol. The number of rotatable bonds is 12. The fourth-order valence-electron chi connectivity index (χ4n) is 7.72. The van der Waals surface area contributed by atoms with Crippen molar-refractivity contribution in [3.05, 3.63) is 85.5 Å². The third-order valence-electron chi connectivity index (χ3n) is 9.71. The molecule has 2 aromatic carbocycles. The molecule has 4 heterocycles. The van der Waals surface area contributed by atoms with Crippen LogP contribution in [0.1, 0.15) is 25.8 Å². The van der Waals surface area contributed by atoms with Crippen molar-refractivity contribution in [3.63, 3.8) is 0 Å². The van der Waals surface area contributed by atoms with E-state index < -0.39 is 28.7 Å². The Morgan fingerprint density at radius 2 is 1.78 bits per heavy atom. The Kier molecular flexibility index (Phi) is 8.58. The van der Waals surface area contributed by atoms with Gasteiger partial charge in [0.1, 0.15) is 18.2 Å². The third-order valence-corrected chi connectivity index (χ3v) is 11.8. The van der Waals surface area contributed by atoms with E-state index in [1.54, 1.807) is 50.2 Å². The van der Waals surface area contributed by atoms with E-state index in [0.717, 1.165) is 17.5 Å². The van der Waals surface area contributed by atoms with Gasteiger partial charge < -0.3 is 19.8 Å². The lowest BCUT2D eigenvalue weighted by atomic mass is 9.65. The van der Waals surface area contributed by atoms with Crippen molar-refractivity contribution in [2.45, 2.75) is 55.6 Å². The van der Waals surface area contributed by atoms with Crippen LogP contribution in [0.4, 0.5) is 0 Å². The molecule has 3 aliphatic rings. The summed E-state index contributed by atoms with van der Waals surface area (Å²) in [6.45, 7) is 12.4. The molecule has 1 spiro atoms. The molecule has 6 rings (SSSR count). The molecule has 45 heavy (non-hydrogen) atoms. The van der Waals surface area contributed by atoms with Crippen LogP contribution in [0.2, 0.25) is 0 Å².